The lowest BCUT2D eigenvalue weighted by atomic mass is 9.60. The second kappa shape index (κ2) is 12.5. The first-order valence-electron chi connectivity index (χ1n) is 16.2. The summed E-state index contributed by atoms with van der Waals surface area (Å²) in [4.78, 5) is 0. The molecular weight excluding hydrogens is 525 g/mol. The van der Waals surface area contributed by atoms with Gasteiger partial charge in [0.25, 0.3) is 0 Å². The number of hydrogen-bond donors (Lipinski definition) is 1. The van der Waals surface area contributed by atoms with Gasteiger partial charge in [-0.1, -0.05) is 91.3 Å². The molecule has 216 valence electrons. The van der Waals surface area contributed by atoms with Gasteiger partial charge in [-0.05, 0) is 140 Å². The Morgan fingerprint density at radius 2 is 1.80 bits per heavy atom. The van der Waals surface area contributed by atoms with Crippen molar-refractivity contribution in [2.24, 2.45) is 35.0 Å². The van der Waals surface area contributed by atoms with Crippen LogP contribution in [0.3, 0.4) is 0 Å². The molecule has 2 heterocycles. The lowest BCUT2D eigenvalue weighted by molar-refractivity contribution is 0.0932. The number of rotatable bonds is 2. The Morgan fingerprint density at radius 3 is 2.65 bits per heavy atom. The monoisotopic (exact) mass is 574 g/mol. The largest absolute Gasteiger partial charge is 0.508 e. The third-order valence-corrected chi connectivity index (χ3v) is 14.2. The summed E-state index contributed by atoms with van der Waals surface area (Å²) in [5.41, 5.74) is 5.98. The van der Waals surface area contributed by atoms with Gasteiger partial charge in [0.15, 0.2) is 0 Å². The highest BCUT2D eigenvalue weighted by Crippen LogP contribution is 2.52. The molecule has 3 aliphatic carbocycles. The first-order chi connectivity index (χ1) is 19.4. The second-order valence-electron chi connectivity index (χ2n) is 14.3. The van der Waals surface area contributed by atoms with Gasteiger partial charge in [0.1, 0.15) is 5.75 Å². The Hall–Kier alpha value is -1.32. The second-order valence-corrected chi connectivity index (χ2v) is 16.9. The van der Waals surface area contributed by atoms with E-state index < -0.39 is 0 Å². The fraction of sp³-hybridized carbons (Fsp3) is 0.622. The van der Waals surface area contributed by atoms with Crippen molar-refractivity contribution in [1.82, 2.24) is 0 Å². The third-order valence-electron chi connectivity index (χ3n) is 11.0. The lowest BCUT2D eigenvalue weighted by Crippen LogP contribution is -2.37. The maximum absolute atomic E-state index is 10.8. The summed E-state index contributed by atoms with van der Waals surface area (Å²) in [5.74, 6) is 6.30. The zero-order valence-electron chi connectivity index (χ0n) is 25.0. The first-order valence-corrected chi connectivity index (χ1v) is 18.6. The number of aromatic hydroxyl groups is 1. The molecule has 7 rings (SSSR count). The van der Waals surface area contributed by atoms with Gasteiger partial charge in [0, 0.05) is 11.0 Å². The van der Waals surface area contributed by atoms with Crippen LogP contribution in [-0.2, 0) is 12.8 Å². The highest BCUT2D eigenvalue weighted by atomic mass is 33.1. The van der Waals surface area contributed by atoms with E-state index in [9.17, 15) is 5.11 Å². The van der Waals surface area contributed by atoms with Crippen LogP contribution in [0.4, 0.5) is 0 Å². The summed E-state index contributed by atoms with van der Waals surface area (Å²) < 4.78 is 0. The fourth-order valence-electron chi connectivity index (χ4n) is 9.09. The van der Waals surface area contributed by atoms with Crippen molar-refractivity contribution in [3.8, 4) is 5.75 Å². The Bertz CT molecular complexity index is 1190. The molecule has 2 fully saturated rings. The molecule has 0 saturated heterocycles. The standard InChI is InChI=1S/C37H50OS2/c1-4-30-22-32-11-12-36(30)40-39-24-29-16-26(18-33(19-29)37(3)13-7-8-25(2)23-37)14-27-15-28(21-34(38)20-27)17-31-9-5-6-10-35(31)32/h5-7,9-10,13,15,20-21,25-26,29-30,32-33,36,38H,4,8,11-12,14,16-19,22-24H2,1-3H3. The molecule has 40 heavy (non-hydrogen) atoms. The molecule has 5 aliphatic rings. The van der Waals surface area contributed by atoms with E-state index in [0.717, 1.165) is 41.8 Å². The van der Waals surface area contributed by atoms with E-state index >= 15 is 0 Å². The van der Waals surface area contributed by atoms with Gasteiger partial charge in [0.2, 0.25) is 0 Å². The molecule has 2 aromatic rings. The van der Waals surface area contributed by atoms with Gasteiger partial charge >= 0.3 is 0 Å². The number of fused-ring (bicyclic) bond motifs is 4. The predicted molar refractivity (Wildman–Crippen MR) is 175 cm³/mol. The first kappa shape index (κ1) is 28.8. The average molecular weight is 575 g/mol. The van der Waals surface area contributed by atoms with Crippen LogP contribution in [0.15, 0.2) is 54.6 Å². The maximum atomic E-state index is 10.8. The van der Waals surface area contributed by atoms with Crippen molar-refractivity contribution in [2.75, 3.05) is 5.75 Å². The molecule has 1 nitrogen and oxygen atoms in total. The van der Waals surface area contributed by atoms with Crippen molar-refractivity contribution in [3.63, 3.8) is 0 Å². The predicted octanol–water partition coefficient (Wildman–Crippen LogP) is 10.6. The number of phenolic OH excluding ortho intramolecular Hbond substituents is 1. The van der Waals surface area contributed by atoms with Gasteiger partial charge in [0.05, 0.1) is 0 Å². The Balaban J connectivity index is 1.33. The van der Waals surface area contributed by atoms with Crippen molar-refractivity contribution in [3.05, 3.63) is 76.9 Å². The van der Waals surface area contributed by atoms with Crippen LogP contribution in [0.2, 0.25) is 0 Å². The Morgan fingerprint density at radius 1 is 0.975 bits per heavy atom. The molecule has 2 saturated carbocycles. The fourth-order valence-corrected chi connectivity index (χ4v) is 12.6. The molecule has 1 N–H and O–H groups in total. The minimum Gasteiger partial charge on any atom is -0.508 e. The highest BCUT2D eigenvalue weighted by molar-refractivity contribution is 8.76. The van der Waals surface area contributed by atoms with Crippen LogP contribution in [0.5, 0.6) is 5.75 Å². The average Bonchev–Trinajstić information content (AvgIpc) is 2.93. The van der Waals surface area contributed by atoms with Gasteiger partial charge in [-0.3, -0.25) is 0 Å². The zero-order chi connectivity index (χ0) is 27.7. The van der Waals surface area contributed by atoms with Crippen LogP contribution < -0.4 is 0 Å². The number of benzene rings is 2. The van der Waals surface area contributed by atoms with Gasteiger partial charge in [-0.25, -0.2) is 0 Å². The summed E-state index contributed by atoms with van der Waals surface area (Å²) >= 11 is 0. The topological polar surface area (TPSA) is 20.2 Å². The number of allylic oxidation sites excluding steroid dienone is 2. The molecular formula is C37H50OS2. The molecule has 2 aliphatic heterocycles. The molecule has 0 radical (unpaired) electrons. The Kier molecular flexibility index (Phi) is 9.00. The third kappa shape index (κ3) is 6.51. The quantitative estimate of drug-likeness (QED) is 0.285. The maximum Gasteiger partial charge on any atom is 0.116 e. The number of hydrogen-bond acceptors (Lipinski definition) is 3. The van der Waals surface area contributed by atoms with E-state index in [4.69, 9.17) is 0 Å². The van der Waals surface area contributed by atoms with Gasteiger partial charge in [-0.2, -0.15) is 0 Å². The molecule has 8 atom stereocenters. The summed E-state index contributed by atoms with van der Waals surface area (Å²) in [6.07, 6.45) is 19.1. The molecule has 3 heteroatoms. The van der Waals surface area contributed by atoms with E-state index in [1.54, 1.807) is 5.56 Å². The lowest BCUT2D eigenvalue weighted by Gasteiger charge is -2.46. The van der Waals surface area contributed by atoms with E-state index in [0.29, 0.717) is 23.0 Å². The van der Waals surface area contributed by atoms with Crippen molar-refractivity contribution < 1.29 is 5.11 Å². The van der Waals surface area contributed by atoms with Crippen LogP contribution in [0, 0.1) is 35.0 Å². The van der Waals surface area contributed by atoms with Crippen LogP contribution in [0.25, 0.3) is 0 Å². The minimum atomic E-state index is 0.338. The molecule has 2 aromatic carbocycles. The van der Waals surface area contributed by atoms with Gasteiger partial charge in [-0.15, -0.1) is 0 Å². The van der Waals surface area contributed by atoms with Crippen molar-refractivity contribution >= 4 is 21.6 Å². The van der Waals surface area contributed by atoms with Crippen LogP contribution in [-0.4, -0.2) is 16.1 Å². The van der Waals surface area contributed by atoms with E-state index in [1.807, 2.05) is 6.07 Å². The van der Waals surface area contributed by atoms with E-state index in [2.05, 4.69) is 90.9 Å². The zero-order valence-corrected chi connectivity index (χ0v) is 26.6. The molecule has 0 amide bonds. The normalized spacial score (nSPS) is 36.5. The van der Waals surface area contributed by atoms with Crippen LogP contribution >= 0.6 is 21.6 Å². The molecule has 0 spiro atoms. The van der Waals surface area contributed by atoms with Gasteiger partial charge < -0.3 is 5.11 Å². The smallest absolute Gasteiger partial charge is 0.116 e. The summed E-state index contributed by atoms with van der Waals surface area (Å²) in [6, 6.07) is 15.7. The number of phenols is 1. The van der Waals surface area contributed by atoms with Crippen molar-refractivity contribution in [1.29, 1.82) is 0 Å². The summed E-state index contributed by atoms with van der Waals surface area (Å²) in [6.45, 7) is 7.43. The van der Waals surface area contributed by atoms with Crippen molar-refractivity contribution in [2.45, 2.75) is 103 Å². The van der Waals surface area contributed by atoms with E-state index in [1.165, 1.54) is 80.2 Å². The molecule has 0 aromatic heterocycles. The van der Waals surface area contributed by atoms with E-state index in [-0.39, 0.29) is 0 Å². The molecule has 6 bridgehead atoms. The summed E-state index contributed by atoms with van der Waals surface area (Å²) in [7, 11) is 4.46. The van der Waals surface area contributed by atoms with Crippen LogP contribution in [0.1, 0.15) is 107 Å². The SMILES string of the molecule is CCC1CC2CCC1SSCC1CC(Cc3cc(O)cc(c3)Cc3ccccc32)CC(C2(C)C=CCC(C)C2)C1. The Labute approximate surface area is 251 Å². The highest BCUT2D eigenvalue weighted by Gasteiger charge is 2.41. The minimum absolute atomic E-state index is 0.338. The summed E-state index contributed by atoms with van der Waals surface area (Å²) in [5, 5.41) is 11.6. The molecule has 8 unspecified atom stereocenters.